The Labute approximate surface area is 119 Å². The number of likely N-dealkylation sites (tertiary alicyclic amines) is 1. The van der Waals surface area contributed by atoms with Gasteiger partial charge in [0.15, 0.2) is 0 Å². The zero-order chi connectivity index (χ0) is 14.7. The Morgan fingerprint density at radius 3 is 2.90 bits per heavy atom. The average Bonchev–Trinajstić information content (AvgIpc) is 2.41. The lowest BCUT2D eigenvalue weighted by atomic mass is 9.92. The van der Waals surface area contributed by atoms with Gasteiger partial charge in [0, 0.05) is 24.8 Å². The van der Waals surface area contributed by atoms with Gasteiger partial charge in [0.2, 0.25) is 5.91 Å². The summed E-state index contributed by atoms with van der Waals surface area (Å²) in [5, 5.41) is 10.3. The lowest BCUT2D eigenvalue weighted by Crippen LogP contribution is -2.47. The molecule has 1 aliphatic heterocycles. The van der Waals surface area contributed by atoms with E-state index in [4.69, 9.17) is 11.5 Å². The molecule has 0 spiro atoms. The van der Waals surface area contributed by atoms with Crippen LogP contribution in [-0.4, -0.2) is 35.0 Å². The maximum absolute atomic E-state index is 11.3. The van der Waals surface area contributed by atoms with Crippen molar-refractivity contribution in [1.82, 2.24) is 4.90 Å². The molecule has 1 fully saturated rings. The minimum atomic E-state index is -0.604. The monoisotopic (exact) mass is 277 g/mol. The number of amides is 1. The minimum absolute atomic E-state index is 0.112. The number of β-amino-alcohol motifs (C(OH)–C–C–N with tert-alkyl or cyclic N) is 1. The molecule has 1 aliphatic rings. The molecule has 0 radical (unpaired) electrons. The molecule has 0 aromatic heterocycles. The van der Waals surface area contributed by atoms with E-state index in [1.165, 1.54) is 0 Å². The molecule has 0 bridgehead atoms. The lowest BCUT2D eigenvalue weighted by Gasteiger charge is -2.38. The summed E-state index contributed by atoms with van der Waals surface area (Å²) in [6.45, 7) is 3.23. The average molecular weight is 277 g/mol. The summed E-state index contributed by atoms with van der Waals surface area (Å²) in [7, 11) is 0. The van der Waals surface area contributed by atoms with Gasteiger partial charge in [0.05, 0.1) is 12.0 Å². The largest absolute Gasteiger partial charge is 0.399 e. The van der Waals surface area contributed by atoms with Crippen LogP contribution < -0.4 is 11.5 Å². The van der Waals surface area contributed by atoms with Crippen LogP contribution in [0.2, 0.25) is 0 Å². The Bertz CT molecular complexity index is 478. The highest BCUT2D eigenvalue weighted by Crippen LogP contribution is 2.25. The number of aliphatic hydroxyl groups excluding tert-OH is 1. The number of hydrogen-bond acceptors (Lipinski definition) is 4. The van der Waals surface area contributed by atoms with Crippen molar-refractivity contribution in [2.24, 2.45) is 11.7 Å². The van der Waals surface area contributed by atoms with Crippen LogP contribution in [0.25, 0.3) is 0 Å². The third kappa shape index (κ3) is 3.49. The van der Waals surface area contributed by atoms with Crippen molar-refractivity contribution < 1.29 is 9.90 Å². The van der Waals surface area contributed by atoms with E-state index in [9.17, 15) is 9.90 Å². The van der Waals surface area contributed by atoms with Crippen molar-refractivity contribution in [2.75, 3.05) is 18.8 Å². The lowest BCUT2D eigenvalue weighted by molar-refractivity contribution is -0.124. The Morgan fingerprint density at radius 1 is 1.50 bits per heavy atom. The minimum Gasteiger partial charge on any atom is -0.399 e. The number of nitrogen functional groups attached to an aromatic ring is 1. The summed E-state index contributed by atoms with van der Waals surface area (Å²) in [5.41, 5.74) is 12.6. The molecule has 1 amide bonds. The van der Waals surface area contributed by atoms with Crippen LogP contribution in [0.15, 0.2) is 24.3 Å². The molecule has 3 unspecified atom stereocenters. The number of nitrogens with two attached hydrogens (primary N) is 2. The van der Waals surface area contributed by atoms with Gasteiger partial charge in [0.1, 0.15) is 0 Å². The standard InChI is InChI=1S/C15H23N3O2/c1-10-5-6-12(15(17)20)8-18(10)9-14(19)11-3-2-4-13(16)7-11/h2-4,7,10,12,14,19H,5-6,8-9,16H2,1H3,(H2,17,20). The predicted octanol–water partition coefficient (Wildman–Crippen LogP) is 0.888. The number of primary amides is 1. The van der Waals surface area contributed by atoms with Gasteiger partial charge in [-0.15, -0.1) is 0 Å². The Hall–Kier alpha value is -1.59. The smallest absolute Gasteiger partial charge is 0.221 e. The maximum Gasteiger partial charge on any atom is 0.221 e. The van der Waals surface area contributed by atoms with Crippen molar-refractivity contribution in [3.8, 4) is 0 Å². The number of piperidine rings is 1. The summed E-state index contributed by atoms with van der Waals surface area (Å²) in [6, 6.07) is 7.62. The molecule has 5 heteroatoms. The second kappa shape index (κ2) is 6.24. The summed E-state index contributed by atoms with van der Waals surface area (Å²) in [4.78, 5) is 13.5. The van der Waals surface area contributed by atoms with Crippen molar-refractivity contribution in [2.45, 2.75) is 31.9 Å². The van der Waals surface area contributed by atoms with Crippen LogP contribution in [-0.2, 0) is 4.79 Å². The first-order chi connectivity index (χ1) is 9.47. The molecule has 1 saturated heterocycles. The number of hydrogen-bond donors (Lipinski definition) is 3. The molecule has 5 N–H and O–H groups in total. The van der Waals surface area contributed by atoms with Gasteiger partial charge in [-0.25, -0.2) is 0 Å². The Balaban J connectivity index is 2.02. The van der Waals surface area contributed by atoms with E-state index in [0.29, 0.717) is 24.8 Å². The van der Waals surface area contributed by atoms with Gasteiger partial charge in [-0.2, -0.15) is 0 Å². The van der Waals surface area contributed by atoms with Crippen molar-refractivity contribution in [3.63, 3.8) is 0 Å². The maximum atomic E-state index is 11.3. The van der Waals surface area contributed by atoms with Crippen LogP contribution in [0.5, 0.6) is 0 Å². The van der Waals surface area contributed by atoms with Crippen LogP contribution in [0, 0.1) is 5.92 Å². The highest BCUT2D eigenvalue weighted by atomic mass is 16.3. The molecule has 1 aromatic rings. The first kappa shape index (κ1) is 14.8. The first-order valence-corrected chi connectivity index (χ1v) is 7.04. The fraction of sp³-hybridized carbons (Fsp3) is 0.533. The molecule has 5 nitrogen and oxygen atoms in total. The summed E-state index contributed by atoms with van der Waals surface area (Å²) < 4.78 is 0. The molecule has 110 valence electrons. The third-order valence-electron chi connectivity index (χ3n) is 4.12. The highest BCUT2D eigenvalue weighted by Gasteiger charge is 2.29. The second-order valence-electron chi connectivity index (χ2n) is 5.67. The van der Waals surface area contributed by atoms with Gasteiger partial charge < -0.3 is 16.6 Å². The van der Waals surface area contributed by atoms with Crippen LogP contribution >= 0.6 is 0 Å². The van der Waals surface area contributed by atoms with Gasteiger partial charge in [-0.3, -0.25) is 9.69 Å². The molecule has 1 aromatic carbocycles. The summed E-state index contributed by atoms with van der Waals surface area (Å²) >= 11 is 0. The van der Waals surface area contributed by atoms with E-state index in [1.807, 2.05) is 12.1 Å². The zero-order valence-electron chi connectivity index (χ0n) is 11.8. The van der Waals surface area contributed by atoms with Gasteiger partial charge >= 0.3 is 0 Å². The second-order valence-corrected chi connectivity index (χ2v) is 5.67. The number of aliphatic hydroxyl groups is 1. The van der Waals surface area contributed by atoms with Gasteiger partial charge in [-0.05, 0) is 37.5 Å². The molecule has 2 rings (SSSR count). The van der Waals surface area contributed by atoms with E-state index < -0.39 is 6.10 Å². The quantitative estimate of drug-likeness (QED) is 0.713. The Morgan fingerprint density at radius 2 is 2.25 bits per heavy atom. The van der Waals surface area contributed by atoms with Crippen LogP contribution in [0.3, 0.4) is 0 Å². The van der Waals surface area contributed by atoms with E-state index in [1.54, 1.807) is 12.1 Å². The number of nitrogens with zero attached hydrogens (tertiary/aromatic N) is 1. The fourth-order valence-corrected chi connectivity index (χ4v) is 2.76. The summed E-state index contributed by atoms with van der Waals surface area (Å²) in [5.74, 6) is -0.361. The van der Waals surface area contributed by atoms with Gasteiger partial charge in [0.25, 0.3) is 0 Å². The molecular formula is C15H23N3O2. The first-order valence-electron chi connectivity index (χ1n) is 7.04. The van der Waals surface area contributed by atoms with Crippen LogP contribution in [0.4, 0.5) is 5.69 Å². The van der Waals surface area contributed by atoms with E-state index in [0.717, 1.165) is 18.4 Å². The summed E-state index contributed by atoms with van der Waals surface area (Å²) in [6.07, 6.45) is 1.16. The number of anilines is 1. The number of benzene rings is 1. The topological polar surface area (TPSA) is 92.6 Å². The Kier molecular flexibility index (Phi) is 4.62. The molecule has 1 heterocycles. The number of rotatable bonds is 4. The molecule has 3 atom stereocenters. The fourth-order valence-electron chi connectivity index (χ4n) is 2.76. The number of carbonyl (C=O) groups excluding carboxylic acids is 1. The highest BCUT2D eigenvalue weighted by molar-refractivity contribution is 5.77. The molecule has 0 saturated carbocycles. The van der Waals surface area contributed by atoms with Crippen LogP contribution in [0.1, 0.15) is 31.4 Å². The molecule has 20 heavy (non-hydrogen) atoms. The van der Waals surface area contributed by atoms with Crippen molar-refractivity contribution in [3.05, 3.63) is 29.8 Å². The van der Waals surface area contributed by atoms with Crippen molar-refractivity contribution >= 4 is 11.6 Å². The molecular weight excluding hydrogens is 254 g/mol. The predicted molar refractivity (Wildman–Crippen MR) is 78.8 cm³/mol. The van der Waals surface area contributed by atoms with E-state index in [2.05, 4.69) is 11.8 Å². The van der Waals surface area contributed by atoms with E-state index >= 15 is 0 Å². The zero-order valence-corrected chi connectivity index (χ0v) is 11.8. The third-order valence-corrected chi connectivity index (χ3v) is 4.12. The van der Waals surface area contributed by atoms with E-state index in [-0.39, 0.29) is 11.8 Å². The molecule has 0 aliphatic carbocycles. The number of carbonyl (C=O) groups is 1. The van der Waals surface area contributed by atoms with Gasteiger partial charge in [-0.1, -0.05) is 12.1 Å². The van der Waals surface area contributed by atoms with Crippen molar-refractivity contribution in [1.29, 1.82) is 0 Å². The SMILES string of the molecule is CC1CCC(C(N)=O)CN1CC(O)c1cccc(N)c1. The normalized spacial score (nSPS) is 25.3.